The average molecular weight is 339 g/mol. The molecule has 9 heteroatoms. The van der Waals surface area contributed by atoms with Gasteiger partial charge in [0, 0.05) is 11.9 Å². The van der Waals surface area contributed by atoms with Gasteiger partial charge < -0.3 is 0 Å². The lowest BCUT2D eigenvalue weighted by Crippen LogP contribution is -2.10. The molecule has 1 aromatic heterocycles. The molecular weight excluding hydrogens is 332 g/mol. The number of halogens is 5. The molecule has 0 amide bonds. The van der Waals surface area contributed by atoms with Gasteiger partial charge in [-0.2, -0.15) is 18.3 Å². The first-order valence-electron chi connectivity index (χ1n) is 5.47. The van der Waals surface area contributed by atoms with Crippen LogP contribution < -0.4 is 0 Å². The molecule has 0 aliphatic heterocycles. The number of benzene rings is 1. The largest absolute Gasteiger partial charge is 0.435 e. The average Bonchev–Trinajstić information content (AvgIpc) is 2.70. The third-order valence-electron chi connectivity index (χ3n) is 2.49. The molecule has 112 valence electrons. The third kappa shape index (κ3) is 3.38. The van der Waals surface area contributed by atoms with Crippen LogP contribution in [-0.4, -0.2) is 15.0 Å². The molecule has 0 aliphatic rings. The van der Waals surface area contributed by atoms with E-state index < -0.39 is 28.5 Å². The van der Waals surface area contributed by atoms with E-state index >= 15 is 0 Å². The van der Waals surface area contributed by atoms with Crippen LogP contribution in [0.25, 0.3) is 0 Å². The van der Waals surface area contributed by atoms with Crippen molar-refractivity contribution < 1.29 is 22.4 Å². The summed E-state index contributed by atoms with van der Waals surface area (Å²) in [5.41, 5.74) is -2.05. The number of rotatable bonds is 3. The molecular formula is C12H7ClF4N2OS. The zero-order valence-corrected chi connectivity index (χ0v) is 12.0. The van der Waals surface area contributed by atoms with E-state index in [4.69, 9.17) is 11.6 Å². The van der Waals surface area contributed by atoms with E-state index in [9.17, 15) is 22.4 Å². The van der Waals surface area contributed by atoms with E-state index in [-0.39, 0.29) is 5.03 Å². The molecule has 0 N–H and O–H groups in total. The van der Waals surface area contributed by atoms with Gasteiger partial charge in [0.05, 0.1) is 5.56 Å². The standard InChI is InChI=1S/C12H7ClF4N2OS/c1-19-11(21-7-4-2-6(14)3-5-7)8(10(13)20)9(18-19)12(15,16)17/h2-5H,1H3. The van der Waals surface area contributed by atoms with Gasteiger partial charge in [0.25, 0.3) is 5.24 Å². The van der Waals surface area contributed by atoms with E-state index in [0.717, 1.165) is 28.6 Å². The third-order valence-corrected chi connectivity index (χ3v) is 3.85. The molecule has 0 saturated carbocycles. The maximum atomic E-state index is 12.8. The quantitative estimate of drug-likeness (QED) is 0.624. The van der Waals surface area contributed by atoms with Gasteiger partial charge in [-0.25, -0.2) is 4.39 Å². The van der Waals surface area contributed by atoms with E-state index in [0.29, 0.717) is 4.90 Å². The molecule has 0 aliphatic carbocycles. The van der Waals surface area contributed by atoms with Crippen LogP contribution in [0.15, 0.2) is 34.2 Å². The van der Waals surface area contributed by atoms with Gasteiger partial charge in [-0.3, -0.25) is 9.48 Å². The van der Waals surface area contributed by atoms with Crippen LogP contribution in [0.5, 0.6) is 0 Å². The number of aromatic nitrogens is 2. The summed E-state index contributed by atoms with van der Waals surface area (Å²) in [6.45, 7) is 0. The summed E-state index contributed by atoms with van der Waals surface area (Å²) < 4.78 is 52.3. The Morgan fingerprint density at radius 3 is 2.33 bits per heavy atom. The first-order valence-corrected chi connectivity index (χ1v) is 6.67. The number of aryl methyl sites for hydroxylation is 1. The van der Waals surface area contributed by atoms with Crippen molar-refractivity contribution in [1.29, 1.82) is 0 Å². The highest BCUT2D eigenvalue weighted by molar-refractivity contribution is 7.99. The van der Waals surface area contributed by atoms with E-state index in [1.165, 1.54) is 19.2 Å². The second kappa shape index (κ2) is 5.69. The molecule has 2 rings (SSSR count). The molecule has 2 aromatic rings. The molecule has 1 aromatic carbocycles. The minimum absolute atomic E-state index is 0.0612. The number of hydrogen-bond donors (Lipinski definition) is 0. The predicted molar refractivity (Wildman–Crippen MR) is 68.9 cm³/mol. The maximum absolute atomic E-state index is 12.8. The van der Waals surface area contributed by atoms with Crippen molar-refractivity contribution in [1.82, 2.24) is 9.78 Å². The molecule has 0 fully saturated rings. The van der Waals surface area contributed by atoms with Gasteiger partial charge in [0.1, 0.15) is 10.8 Å². The summed E-state index contributed by atoms with van der Waals surface area (Å²) in [5.74, 6) is -0.478. The second-order valence-electron chi connectivity index (χ2n) is 3.98. The van der Waals surface area contributed by atoms with Crippen LogP contribution in [0, 0.1) is 5.82 Å². The number of alkyl halides is 3. The van der Waals surface area contributed by atoms with Crippen LogP contribution in [0.2, 0.25) is 0 Å². The number of carbonyl (C=O) groups is 1. The van der Waals surface area contributed by atoms with Crippen molar-refractivity contribution in [2.45, 2.75) is 16.1 Å². The lowest BCUT2D eigenvalue weighted by atomic mass is 10.2. The molecule has 0 saturated heterocycles. The Hall–Kier alpha value is -1.54. The lowest BCUT2D eigenvalue weighted by molar-refractivity contribution is -0.141. The van der Waals surface area contributed by atoms with E-state index in [2.05, 4.69) is 5.10 Å². The van der Waals surface area contributed by atoms with E-state index in [1.807, 2.05) is 0 Å². The summed E-state index contributed by atoms with van der Waals surface area (Å²) in [6.07, 6.45) is -4.79. The lowest BCUT2D eigenvalue weighted by Gasteiger charge is -2.05. The van der Waals surface area contributed by atoms with Crippen molar-refractivity contribution in [3.8, 4) is 0 Å². The summed E-state index contributed by atoms with van der Waals surface area (Å²) in [5, 5.41) is 2.00. The maximum Gasteiger partial charge on any atom is 0.435 e. The fourth-order valence-corrected chi connectivity index (χ4v) is 2.81. The summed E-state index contributed by atoms with van der Waals surface area (Å²) in [4.78, 5) is 11.8. The van der Waals surface area contributed by atoms with E-state index in [1.54, 1.807) is 0 Å². The van der Waals surface area contributed by atoms with Crippen molar-refractivity contribution in [2.24, 2.45) is 7.05 Å². The summed E-state index contributed by atoms with van der Waals surface area (Å²) in [7, 11) is 1.27. The molecule has 3 nitrogen and oxygen atoms in total. The zero-order valence-electron chi connectivity index (χ0n) is 10.4. The van der Waals surface area contributed by atoms with Crippen molar-refractivity contribution in [2.75, 3.05) is 0 Å². The molecule has 1 heterocycles. The first-order chi connectivity index (χ1) is 9.70. The van der Waals surface area contributed by atoms with Crippen LogP contribution in [0.1, 0.15) is 16.1 Å². The highest BCUT2D eigenvalue weighted by atomic mass is 35.5. The van der Waals surface area contributed by atoms with Crippen molar-refractivity contribution >= 4 is 28.6 Å². The molecule has 0 radical (unpaired) electrons. The summed E-state index contributed by atoms with van der Waals surface area (Å²) in [6, 6.07) is 5.07. The molecule has 0 atom stereocenters. The number of carbonyl (C=O) groups excluding carboxylic acids is 1. The first kappa shape index (κ1) is 15.8. The Balaban J connectivity index is 2.50. The topological polar surface area (TPSA) is 34.9 Å². The molecule has 0 spiro atoms. The van der Waals surface area contributed by atoms with Gasteiger partial charge in [-0.05, 0) is 35.9 Å². The fourth-order valence-electron chi connectivity index (χ4n) is 1.62. The number of hydrogen-bond acceptors (Lipinski definition) is 3. The highest BCUT2D eigenvalue weighted by Crippen LogP contribution is 2.38. The SMILES string of the molecule is Cn1nc(C(F)(F)F)c(C(=O)Cl)c1Sc1ccc(F)cc1. The number of nitrogens with zero attached hydrogens (tertiary/aromatic N) is 2. The Morgan fingerprint density at radius 2 is 1.86 bits per heavy atom. The monoisotopic (exact) mass is 338 g/mol. The van der Waals surface area contributed by atoms with Gasteiger partial charge >= 0.3 is 6.18 Å². The van der Waals surface area contributed by atoms with Crippen LogP contribution in [0.4, 0.5) is 17.6 Å². The molecule has 0 unspecified atom stereocenters. The zero-order chi connectivity index (χ0) is 15.8. The predicted octanol–water partition coefficient (Wildman–Crippen LogP) is 4.11. The second-order valence-corrected chi connectivity index (χ2v) is 5.39. The minimum atomic E-state index is -4.79. The Morgan fingerprint density at radius 1 is 1.29 bits per heavy atom. The normalized spacial score (nSPS) is 11.7. The smallest absolute Gasteiger partial charge is 0.275 e. The fraction of sp³-hybridized carbons (Fsp3) is 0.167. The Labute approximate surface area is 125 Å². The van der Waals surface area contributed by atoms with Crippen molar-refractivity contribution in [3.05, 3.63) is 41.3 Å². The Kier molecular flexibility index (Phi) is 4.29. The molecule has 0 bridgehead atoms. The van der Waals surface area contributed by atoms with Gasteiger partial charge in [0.15, 0.2) is 5.69 Å². The van der Waals surface area contributed by atoms with Crippen LogP contribution in [0.3, 0.4) is 0 Å². The van der Waals surface area contributed by atoms with Crippen LogP contribution >= 0.6 is 23.4 Å². The van der Waals surface area contributed by atoms with Crippen molar-refractivity contribution in [3.63, 3.8) is 0 Å². The highest BCUT2D eigenvalue weighted by Gasteiger charge is 2.41. The minimum Gasteiger partial charge on any atom is -0.275 e. The van der Waals surface area contributed by atoms with Gasteiger partial charge in [0.2, 0.25) is 0 Å². The Bertz CT molecular complexity index is 682. The van der Waals surface area contributed by atoms with Gasteiger partial charge in [-0.1, -0.05) is 11.8 Å². The van der Waals surface area contributed by atoms with Crippen LogP contribution in [-0.2, 0) is 13.2 Å². The summed E-state index contributed by atoms with van der Waals surface area (Å²) >= 11 is 6.10. The van der Waals surface area contributed by atoms with Gasteiger partial charge in [-0.15, -0.1) is 0 Å². The molecule has 21 heavy (non-hydrogen) atoms.